The van der Waals surface area contributed by atoms with Crippen molar-refractivity contribution in [2.75, 3.05) is 13.2 Å². The number of furan rings is 1. The minimum Gasteiger partial charge on any atom is -0.491 e. The summed E-state index contributed by atoms with van der Waals surface area (Å²) >= 11 is 0. The molecule has 4 heteroatoms. The minimum atomic E-state index is -0.566. The third-order valence-electron chi connectivity index (χ3n) is 3.27. The van der Waals surface area contributed by atoms with Crippen molar-refractivity contribution in [3.8, 4) is 5.75 Å². The maximum Gasteiger partial charge on any atom is 0.120 e. The quantitative estimate of drug-likeness (QED) is 0.823. The Balaban J connectivity index is 1.75. The number of aryl methyl sites for hydroxylation is 2. The molecule has 2 N–H and O–H groups in total. The highest BCUT2D eigenvalue weighted by atomic mass is 16.5. The van der Waals surface area contributed by atoms with Crippen molar-refractivity contribution in [1.82, 2.24) is 5.32 Å². The van der Waals surface area contributed by atoms with E-state index in [4.69, 9.17) is 9.15 Å². The first-order valence-electron chi connectivity index (χ1n) is 7.20. The molecule has 0 amide bonds. The van der Waals surface area contributed by atoms with E-state index >= 15 is 0 Å². The van der Waals surface area contributed by atoms with Crippen LogP contribution in [-0.4, -0.2) is 24.4 Å². The summed E-state index contributed by atoms with van der Waals surface area (Å²) in [4.78, 5) is 0. The fraction of sp³-hybridized carbons (Fsp3) is 0.412. The van der Waals surface area contributed by atoms with Crippen LogP contribution in [0.25, 0.3) is 0 Å². The summed E-state index contributed by atoms with van der Waals surface area (Å²) in [6.45, 7) is 6.77. The maximum atomic E-state index is 9.98. The average molecular weight is 289 g/mol. The molecule has 21 heavy (non-hydrogen) atoms. The standard InChI is InChI=1S/C17H23NO3/c1-12-7-13(2)9-16(8-12)21-11-15(19)10-18-14(3)17-5-4-6-20-17/h4-9,14-15,18-19H,10-11H2,1-3H3/t14-,15?/m0/s1. The second-order valence-electron chi connectivity index (χ2n) is 5.43. The lowest BCUT2D eigenvalue weighted by Crippen LogP contribution is -2.32. The Morgan fingerprint density at radius 1 is 1.24 bits per heavy atom. The highest BCUT2D eigenvalue weighted by molar-refractivity contribution is 5.32. The van der Waals surface area contributed by atoms with Crippen molar-refractivity contribution in [1.29, 1.82) is 0 Å². The monoisotopic (exact) mass is 289 g/mol. The molecule has 1 heterocycles. The van der Waals surface area contributed by atoms with Crippen LogP contribution in [0.2, 0.25) is 0 Å². The van der Waals surface area contributed by atoms with Gasteiger partial charge in [-0.15, -0.1) is 0 Å². The summed E-state index contributed by atoms with van der Waals surface area (Å²) in [5, 5.41) is 13.2. The first kappa shape index (κ1) is 15.6. The Labute approximate surface area is 125 Å². The van der Waals surface area contributed by atoms with Crippen LogP contribution in [0, 0.1) is 13.8 Å². The van der Waals surface area contributed by atoms with Crippen molar-refractivity contribution in [2.24, 2.45) is 0 Å². The molecule has 0 aliphatic rings. The Morgan fingerprint density at radius 2 is 1.95 bits per heavy atom. The third-order valence-corrected chi connectivity index (χ3v) is 3.27. The fourth-order valence-corrected chi connectivity index (χ4v) is 2.22. The lowest BCUT2D eigenvalue weighted by atomic mass is 10.1. The average Bonchev–Trinajstić information content (AvgIpc) is 2.95. The first-order valence-corrected chi connectivity index (χ1v) is 7.20. The number of ether oxygens (including phenoxy) is 1. The molecule has 2 atom stereocenters. The highest BCUT2D eigenvalue weighted by Crippen LogP contribution is 2.16. The van der Waals surface area contributed by atoms with E-state index in [2.05, 4.69) is 11.4 Å². The van der Waals surface area contributed by atoms with E-state index < -0.39 is 6.10 Å². The minimum absolute atomic E-state index is 0.0656. The van der Waals surface area contributed by atoms with Gasteiger partial charge < -0.3 is 19.6 Å². The second kappa shape index (κ2) is 7.29. The molecule has 0 aliphatic heterocycles. The number of hydrogen-bond donors (Lipinski definition) is 2. The Hall–Kier alpha value is -1.78. The van der Waals surface area contributed by atoms with Crippen LogP contribution >= 0.6 is 0 Å². The largest absolute Gasteiger partial charge is 0.491 e. The molecule has 0 radical (unpaired) electrons. The number of hydrogen-bond acceptors (Lipinski definition) is 4. The fourth-order valence-electron chi connectivity index (χ4n) is 2.22. The number of aliphatic hydroxyl groups excluding tert-OH is 1. The second-order valence-corrected chi connectivity index (χ2v) is 5.43. The highest BCUT2D eigenvalue weighted by Gasteiger charge is 2.11. The van der Waals surface area contributed by atoms with Crippen molar-refractivity contribution in [3.05, 3.63) is 53.5 Å². The lowest BCUT2D eigenvalue weighted by molar-refractivity contribution is 0.103. The summed E-state index contributed by atoms with van der Waals surface area (Å²) in [5.74, 6) is 1.66. The molecule has 4 nitrogen and oxygen atoms in total. The van der Waals surface area contributed by atoms with Crippen LogP contribution < -0.4 is 10.1 Å². The van der Waals surface area contributed by atoms with Crippen LogP contribution in [0.15, 0.2) is 41.0 Å². The van der Waals surface area contributed by atoms with Gasteiger partial charge in [0.15, 0.2) is 0 Å². The van der Waals surface area contributed by atoms with E-state index in [1.165, 1.54) is 0 Å². The summed E-state index contributed by atoms with van der Waals surface area (Å²) in [6.07, 6.45) is 1.08. The summed E-state index contributed by atoms with van der Waals surface area (Å²) < 4.78 is 10.9. The van der Waals surface area contributed by atoms with Gasteiger partial charge in [-0.25, -0.2) is 0 Å². The van der Waals surface area contributed by atoms with Crippen molar-refractivity contribution in [2.45, 2.75) is 32.9 Å². The van der Waals surface area contributed by atoms with E-state index in [1.54, 1.807) is 6.26 Å². The molecular weight excluding hydrogens is 266 g/mol. The summed E-state index contributed by atoms with van der Waals surface area (Å²) in [5.41, 5.74) is 2.31. The predicted molar refractivity (Wildman–Crippen MR) is 82.5 cm³/mol. The van der Waals surface area contributed by atoms with Crippen molar-refractivity contribution in [3.63, 3.8) is 0 Å². The van der Waals surface area contributed by atoms with Gasteiger partial charge in [0.1, 0.15) is 24.2 Å². The van der Waals surface area contributed by atoms with E-state index in [9.17, 15) is 5.11 Å². The molecule has 0 saturated heterocycles. The number of rotatable bonds is 7. The Morgan fingerprint density at radius 3 is 2.57 bits per heavy atom. The van der Waals surface area contributed by atoms with Gasteiger partial charge in [0, 0.05) is 6.54 Å². The molecule has 114 valence electrons. The zero-order chi connectivity index (χ0) is 15.2. The molecule has 1 unspecified atom stereocenters. The zero-order valence-corrected chi connectivity index (χ0v) is 12.8. The van der Waals surface area contributed by atoms with Gasteiger partial charge in [0.05, 0.1) is 12.3 Å². The van der Waals surface area contributed by atoms with E-state index in [0.29, 0.717) is 6.54 Å². The van der Waals surface area contributed by atoms with E-state index in [-0.39, 0.29) is 12.6 Å². The first-order chi connectivity index (χ1) is 10.0. The predicted octanol–water partition coefficient (Wildman–Crippen LogP) is 2.99. The van der Waals surface area contributed by atoms with Gasteiger partial charge in [-0.2, -0.15) is 0 Å². The molecule has 0 saturated carbocycles. The lowest BCUT2D eigenvalue weighted by Gasteiger charge is -2.16. The van der Waals surface area contributed by atoms with Gasteiger partial charge in [-0.3, -0.25) is 0 Å². The SMILES string of the molecule is Cc1cc(C)cc(OCC(O)CN[C@@H](C)c2ccco2)c1. The van der Waals surface area contributed by atoms with Gasteiger partial charge in [-0.1, -0.05) is 6.07 Å². The van der Waals surface area contributed by atoms with Crippen LogP contribution in [-0.2, 0) is 0 Å². The van der Waals surface area contributed by atoms with Gasteiger partial charge in [-0.05, 0) is 56.2 Å². The van der Waals surface area contributed by atoms with Crippen LogP contribution in [0.5, 0.6) is 5.75 Å². The van der Waals surface area contributed by atoms with E-state index in [1.807, 2.05) is 45.0 Å². The molecule has 1 aromatic heterocycles. The molecule has 0 fully saturated rings. The van der Waals surface area contributed by atoms with Crippen LogP contribution in [0.1, 0.15) is 29.9 Å². The third kappa shape index (κ3) is 4.92. The smallest absolute Gasteiger partial charge is 0.120 e. The number of nitrogens with one attached hydrogen (secondary N) is 1. The molecule has 0 bridgehead atoms. The Bertz CT molecular complexity index is 531. The number of aliphatic hydroxyl groups is 1. The number of benzene rings is 1. The molecular formula is C17H23NO3. The van der Waals surface area contributed by atoms with Gasteiger partial charge in [0.2, 0.25) is 0 Å². The van der Waals surface area contributed by atoms with Crippen molar-refractivity contribution < 1.29 is 14.3 Å². The topological polar surface area (TPSA) is 54.6 Å². The molecule has 0 spiro atoms. The van der Waals surface area contributed by atoms with Crippen LogP contribution in [0.4, 0.5) is 0 Å². The summed E-state index contributed by atoms with van der Waals surface area (Å²) in [6, 6.07) is 9.87. The molecule has 2 rings (SSSR count). The van der Waals surface area contributed by atoms with Crippen LogP contribution in [0.3, 0.4) is 0 Å². The maximum absolute atomic E-state index is 9.98. The van der Waals surface area contributed by atoms with Gasteiger partial charge in [0.25, 0.3) is 0 Å². The molecule has 1 aromatic carbocycles. The Kier molecular flexibility index (Phi) is 5.42. The molecule has 2 aromatic rings. The van der Waals surface area contributed by atoms with Crippen molar-refractivity contribution >= 4 is 0 Å². The summed E-state index contributed by atoms with van der Waals surface area (Å²) in [7, 11) is 0. The van der Waals surface area contributed by atoms with E-state index in [0.717, 1.165) is 22.6 Å². The molecule has 0 aliphatic carbocycles. The zero-order valence-electron chi connectivity index (χ0n) is 12.8. The van der Waals surface area contributed by atoms with Gasteiger partial charge >= 0.3 is 0 Å². The normalized spacial score (nSPS) is 13.9.